The van der Waals surface area contributed by atoms with Crippen molar-refractivity contribution >= 4 is 17.6 Å². The molecule has 1 aromatic carbocycles. The minimum atomic E-state index is -0.707. The number of cyclic esters (lactones) is 1. The van der Waals surface area contributed by atoms with Crippen LogP contribution in [0.3, 0.4) is 0 Å². The Balaban J connectivity index is 2.22. The van der Waals surface area contributed by atoms with E-state index in [4.69, 9.17) is 21.1 Å². The van der Waals surface area contributed by atoms with E-state index in [1.807, 2.05) is 0 Å². The highest BCUT2D eigenvalue weighted by Gasteiger charge is 2.29. The number of rotatable bonds is 3. The van der Waals surface area contributed by atoms with Crippen LogP contribution in [-0.2, 0) is 9.53 Å². The van der Waals surface area contributed by atoms with Gasteiger partial charge in [-0.1, -0.05) is 11.6 Å². The van der Waals surface area contributed by atoms with Crippen LogP contribution in [0.4, 0.5) is 0 Å². The van der Waals surface area contributed by atoms with E-state index in [1.54, 1.807) is 25.1 Å². The van der Waals surface area contributed by atoms with Gasteiger partial charge in [0.1, 0.15) is 5.75 Å². The van der Waals surface area contributed by atoms with Crippen LogP contribution in [0.15, 0.2) is 18.2 Å². The molecule has 1 heterocycles. The number of hydrogen-bond donors (Lipinski definition) is 1. The number of aliphatic hydroxyl groups is 1. The molecule has 92 valence electrons. The van der Waals surface area contributed by atoms with Crippen LogP contribution in [0.5, 0.6) is 5.75 Å². The fourth-order valence-electron chi connectivity index (χ4n) is 1.69. The van der Waals surface area contributed by atoms with Crippen molar-refractivity contribution in [3.8, 4) is 5.75 Å². The standard InChI is InChI=1S/C12H13ClO4/c1-7(14)9-6-8(13)2-3-10(9)17-11-4-5-16-12(11)15/h2-3,6-7,11,14H,4-5H2,1H3/t7-,11?/m0/s1. The normalized spacial score (nSPS) is 21.1. The van der Waals surface area contributed by atoms with Gasteiger partial charge in [-0.25, -0.2) is 4.79 Å². The summed E-state index contributed by atoms with van der Waals surface area (Å²) in [6.45, 7) is 1.99. The van der Waals surface area contributed by atoms with Crippen LogP contribution in [0.1, 0.15) is 25.0 Å². The number of halogens is 1. The first-order valence-electron chi connectivity index (χ1n) is 5.38. The van der Waals surface area contributed by atoms with Crippen molar-refractivity contribution in [3.05, 3.63) is 28.8 Å². The molecule has 0 radical (unpaired) electrons. The minimum absolute atomic E-state index is 0.364. The van der Waals surface area contributed by atoms with Crippen molar-refractivity contribution in [1.29, 1.82) is 0 Å². The molecule has 1 aliphatic rings. The third-order valence-corrected chi connectivity index (χ3v) is 2.81. The predicted molar refractivity (Wildman–Crippen MR) is 62.1 cm³/mol. The summed E-state index contributed by atoms with van der Waals surface area (Å²) in [5, 5.41) is 10.1. The van der Waals surface area contributed by atoms with E-state index in [0.717, 1.165) is 0 Å². The SMILES string of the molecule is C[C@H](O)c1cc(Cl)ccc1OC1CCOC1=O. The molecule has 2 atom stereocenters. The van der Waals surface area contributed by atoms with Gasteiger partial charge in [0.15, 0.2) is 6.10 Å². The van der Waals surface area contributed by atoms with Crippen molar-refractivity contribution < 1.29 is 19.4 Å². The largest absolute Gasteiger partial charge is 0.478 e. The van der Waals surface area contributed by atoms with Crippen molar-refractivity contribution in [2.75, 3.05) is 6.61 Å². The summed E-state index contributed by atoms with van der Waals surface area (Å²) in [6, 6.07) is 4.93. The second-order valence-corrected chi connectivity index (χ2v) is 4.36. The topological polar surface area (TPSA) is 55.8 Å². The molecular formula is C12H13ClO4. The van der Waals surface area contributed by atoms with E-state index in [0.29, 0.717) is 29.4 Å². The summed E-state index contributed by atoms with van der Waals surface area (Å²) >= 11 is 5.85. The first-order valence-corrected chi connectivity index (χ1v) is 5.76. The quantitative estimate of drug-likeness (QED) is 0.842. The third-order valence-electron chi connectivity index (χ3n) is 2.58. The summed E-state index contributed by atoms with van der Waals surface area (Å²) in [6.07, 6.45) is -0.768. The first-order chi connectivity index (χ1) is 8.08. The minimum Gasteiger partial charge on any atom is -0.478 e. The maximum absolute atomic E-state index is 11.3. The fourth-order valence-corrected chi connectivity index (χ4v) is 1.87. The van der Waals surface area contributed by atoms with E-state index in [9.17, 15) is 9.90 Å². The predicted octanol–water partition coefficient (Wildman–Crippen LogP) is 2.09. The van der Waals surface area contributed by atoms with Gasteiger partial charge in [-0.3, -0.25) is 0 Å². The Labute approximate surface area is 104 Å². The highest BCUT2D eigenvalue weighted by Crippen LogP contribution is 2.30. The Morgan fingerprint density at radius 3 is 2.94 bits per heavy atom. The molecule has 1 aromatic rings. The highest BCUT2D eigenvalue weighted by molar-refractivity contribution is 6.30. The van der Waals surface area contributed by atoms with Gasteiger partial charge in [0, 0.05) is 17.0 Å². The zero-order chi connectivity index (χ0) is 12.4. The monoisotopic (exact) mass is 256 g/mol. The van der Waals surface area contributed by atoms with Crippen LogP contribution in [0, 0.1) is 0 Å². The maximum Gasteiger partial charge on any atom is 0.347 e. The van der Waals surface area contributed by atoms with Gasteiger partial charge in [-0.2, -0.15) is 0 Å². The van der Waals surface area contributed by atoms with Crippen molar-refractivity contribution in [3.63, 3.8) is 0 Å². The van der Waals surface area contributed by atoms with Crippen LogP contribution in [0.2, 0.25) is 5.02 Å². The number of aliphatic hydroxyl groups excluding tert-OH is 1. The molecule has 0 saturated carbocycles. The third kappa shape index (κ3) is 2.70. The number of carbonyl (C=O) groups is 1. The van der Waals surface area contributed by atoms with Gasteiger partial charge < -0.3 is 14.6 Å². The Morgan fingerprint density at radius 1 is 1.59 bits per heavy atom. The lowest BCUT2D eigenvalue weighted by molar-refractivity contribution is -0.143. The average Bonchev–Trinajstić information content (AvgIpc) is 2.67. The van der Waals surface area contributed by atoms with Crippen molar-refractivity contribution in [1.82, 2.24) is 0 Å². The lowest BCUT2D eigenvalue weighted by Gasteiger charge is -2.16. The molecule has 0 bridgehead atoms. The Bertz CT molecular complexity index is 431. The number of hydrogen-bond acceptors (Lipinski definition) is 4. The van der Waals surface area contributed by atoms with E-state index >= 15 is 0 Å². The molecule has 5 heteroatoms. The van der Waals surface area contributed by atoms with Crippen LogP contribution in [0.25, 0.3) is 0 Å². The number of benzene rings is 1. The molecule has 0 amide bonds. The van der Waals surface area contributed by atoms with Gasteiger partial charge >= 0.3 is 5.97 Å². The summed E-state index contributed by atoms with van der Waals surface area (Å²) in [7, 11) is 0. The molecule has 2 rings (SSSR count). The van der Waals surface area contributed by atoms with Gasteiger partial charge in [-0.05, 0) is 25.1 Å². The molecular weight excluding hydrogens is 244 g/mol. The zero-order valence-corrected chi connectivity index (χ0v) is 10.1. The smallest absolute Gasteiger partial charge is 0.347 e. The first kappa shape index (κ1) is 12.2. The molecule has 1 fully saturated rings. The zero-order valence-electron chi connectivity index (χ0n) is 9.35. The second kappa shape index (κ2) is 4.94. The van der Waals surface area contributed by atoms with Gasteiger partial charge in [0.2, 0.25) is 0 Å². The van der Waals surface area contributed by atoms with Crippen LogP contribution < -0.4 is 4.74 Å². The maximum atomic E-state index is 11.3. The molecule has 1 unspecified atom stereocenters. The molecule has 4 nitrogen and oxygen atoms in total. The number of ether oxygens (including phenoxy) is 2. The average molecular weight is 257 g/mol. The van der Waals surface area contributed by atoms with Gasteiger partial charge in [-0.15, -0.1) is 0 Å². The molecule has 0 aromatic heterocycles. The fraction of sp³-hybridized carbons (Fsp3) is 0.417. The van der Waals surface area contributed by atoms with E-state index in [-0.39, 0.29) is 5.97 Å². The van der Waals surface area contributed by atoms with Crippen molar-refractivity contribution in [2.45, 2.75) is 25.6 Å². The molecule has 1 aliphatic heterocycles. The van der Waals surface area contributed by atoms with E-state index in [2.05, 4.69) is 0 Å². The van der Waals surface area contributed by atoms with Gasteiger partial charge in [0.05, 0.1) is 12.7 Å². The molecule has 1 N–H and O–H groups in total. The lowest BCUT2D eigenvalue weighted by Crippen LogP contribution is -2.22. The lowest BCUT2D eigenvalue weighted by atomic mass is 10.1. The van der Waals surface area contributed by atoms with Gasteiger partial charge in [0.25, 0.3) is 0 Å². The summed E-state index contributed by atoms with van der Waals surface area (Å²) in [4.78, 5) is 11.3. The summed E-state index contributed by atoms with van der Waals surface area (Å²) in [5.74, 6) is 0.102. The summed E-state index contributed by atoms with van der Waals surface area (Å²) < 4.78 is 10.4. The number of carbonyl (C=O) groups excluding carboxylic acids is 1. The molecule has 17 heavy (non-hydrogen) atoms. The highest BCUT2D eigenvalue weighted by atomic mass is 35.5. The van der Waals surface area contributed by atoms with Crippen LogP contribution in [-0.4, -0.2) is 23.8 Å². The van der Waals surface area contributed by atoms with E-state index < -0.39 is 12.2 Å². The second-order valence-electron chi connectivity index (χ2n) is 3.92. The van der Waals surface area contributed by atoms with Crippen LogP contribution >= 0.6 is 11.6 Å². The summed E-state index contributed by atoms with van der Waals surface area (Å²) in [5.41, 5.74) is 0.567. The Hall–Kier alpha value is -1.26. The Kier molecular flexibility index (Phi) is 3.54. The molecule has 0 spiro atoms. The van der Waals surface area contributed by atoms with E-state index in [1.165, 1.54) is 0 Å². The molecule has 1 saturated heterocycles. The number of esters is 1. The van der Waals surface area contributed by atoms with Crippen molar-refractivity contribution in [2.24, 2.45) is 0 Å². The molecule has 0 aliphatic carbocycles. The Morgan fingerprint density at radius 2 is 2.35 bits per heavy atom.